The van der Waals surface area contributed by atoms with E-state index in [4.69, 9.17) is 21.1 Å². The van der Waals surface area contributed by atoms with Crippen LogP contribution in [0, 0.1) is 0 Å². The number of anilines is 1. The zero-order valence-corrected chi connectivity index (χ0v) is 13.7. The highest BCUT2D eigenvalue weighted by atomic mass is 35.5. The van der Waals surface area contributed by atoms with Gasteiger partial charge in [-0.3, -0.25) is 4.79 Å². The summed E-state index contributed by atoms with van der Waals surface area (Å²) in [7, 11) is 1.56. The van der Waals surface area contributed by atoms with Gasteiger partial charge >= 0.3 is 5.97 Å². The Labute approximate surface area is 144 Å². The zero-order chi connectivity index (χ0) is 17.4. The molecular formula is C18H16ClNO4. The van der Waals surface area contributed by atoms with E-state index in [1.807, 2.05) is 0 Å². The van der Waals surface area contributed by atoms with Crippen molar-refractivity contribution in [3.63, 3.8) is 0 Å². The molecule has 1 amide bonds. The van der Waals surface area contributed by atoms with Crippen LogP contribution in [-0.2, 0) is 14.3 Å². The number of hydrogen-bond acceptors (Lipinski definition) is 4. The SMILES string of the molecule is COc1ccc(NC(=O)COC(=O)C=Cc2ccccc2Cl)cc1. The minimum Gasteiger partial charge on any atom is -0.497 e. The summed E-state index contributed by atoms with van der Waals surface area (Å²) in [6, 6.07) is 13.9. The van der Waals surface area contributed by atoms with E-state index in [0.717, 1.165) is 0 Å². The average molecular weight is 346 g/mol. The summed E-state index contributed by atoms with van der Waals surface area (Å²) in [5.41, 5.74) is 1.28. The first-order valence-electron chi connectivity index (χ1n) is 7.12. The Bertz CT molecular complexity index is 741. The summed E-state index contributed by atoms with van der Waals surface area (Å²) in [5, 5.41) is 3.14. The molecule has 0 saturated heterocycles. The molecule has 0 aromatic heterocycles. The number of carbonyl (C=O) groups excluding carboxylic acids is 2. The normalized spacial score (nSPS) is 10.4. The number of nitrogens with one attached hydrogen (secondary N) is 1. The maximum Gasteiger partial charge on any atom is 0.331 e. The molecule has 24 heavy (non-hydrogen) atoms. The Kier molecular flexibility index (Phi) is 6.40. The van der Waals surface area contributed by atoms with Crippen LogP contribution >= 0.6 is 11.6 Å². The lowest BCUT2D eigenvalue weighted by Gasteiger charge is -2.06. The number of rotatable bonds is 6. The zero-order valence-electron chi connectivity index (χ0n) is 13.0. The molecule has 2 rings (SSSR count). The molecule has 2 aromatic carbocycles. The molecule has 0 fully saturated rings. The second-order valence-electron chi connectivity index (χ2n) is 4.74. The van der Waals surface area contributed by atoms with E-state index in [2.05, 4.69) is 5.32 Å². The van der Waals surface area contributed by atoms with Crippen molar-refractivity contribution in [1.82, 2.24) is 0 Å². The minimum absolute atomic E-state index is 0.377. The summed E-state index contributed by atoms with van der Waals surface area (Å²) < 4.78 is 9.90. The number of hydrogen-bond donors (Lipinski definition) is 1. The first-order valence-corrected chi connectivity index (χ1v) is 7.49. The number of methoxy groups -OCH3 is 1. The summed E-state index contributed by atoms with van der Waals surface area (Å²) >= 11 is 5.97. The van der Waals surface area contributed by atoms with Gasteiger partial charge in [-0.2, -0.15) is 0 Å². The first kappa shape index (κ1) is 17.6. The number of benzene rings is 2. The second kappa shape index (κ2) is 8.74. The highest BCUT2D eigenvalue weighted by Gasteiger charge is 2.06. The molecule has 0 atom stereocenters. The number of carbonyl (C=O) groups is 2. The monoisotopic (exact) mass is 345 g/mol. The van der Waals surface area contributed by atoms with Crippen molar-refractivity contribution in [2.75, 3.05) is 19.0 Å². The third-order valence-corrected chi connectivity index (χ3v) is 3.37. The molecule has 124 valence electrons. The average Bonchev–Trinajstić information content (AvgIpc) is 2.60. The summed E-state index contributed by atoms with van der Waals surface area (Å²) in [4.78, 5) is 23.4. The van der Waals surface area contributed by atoms with Crippen LogP contribution in [0.25, 0.3) is 6.08 Å². The van der Waals surface area contributed by atoms with Gasteiger partial charge < -0.3 is 14.8 Å². The highest BCUT2D eigenvalue weighted by Crippen LogP contribution is 2.16. The van der Waals surface area contributed by atoms with E-state index in [9.17, 15) is 9.59 Å². The fraction of sp³-hybridized carbons (Fsp3) is 0.111. The fourth-order valence-corrected chi connectivity index (χ4v) is 2.02. The minimum atomic E-state index is -0.625. The van der Waals surface area contributed by atoms with Crippen molar-refractivity contribution < 1.29 is 19.1 Å². The Morgan fingerprint density at radius 1 is 1.12 bits per heavy atom. The van der Waals surface area contributed by atoms with Gasteiger partial charge in [-0.15, -0.1) is 0 Å². The van der Waals surface area contributed by atoms with Gasteiger partial charge in [0.25, 0.3) is 5.91 Å². The van der Waals surface area contributed by atoms with Gasteiger partial charge in [0, 0.05) is 16.8 Å². The van der Waals surface area contributed by atoms with Gasteiger partial charge in [0.2, 0.25) is 0 Å². The maximum atomic E-state index is 11.7. The van der Waals surface area contributed by atoms with E-state index in [0.29, 0.717) is 22.0 Å². The second-order valence-corrected chi connectivity index (χ2v) is 5.15. The number of esters is 1. The molecular weight excluding hydrogens is 330 g/mol. The van der Waals surface area contributed by atoms with Crippen LogP contribution in [0.1, 0.15) is 5.56 Å². The van der Waals surface area contributed by atoms with Crippen LogP contribution in [-0.4, -0.2) is 25.6 Å². The van der Waals surface area contributed by atoms with Gasteiger partial charge in [-0.25, -0.2) is 4.79 Å². The van der Waals surface area contributed by atoms with Crippen LogP contribution in [0.2, 0.25) is 5.02 Å². The van der Waals surface area contributed by atoms with Crippen LogP contribution in [0.15, 0.2) is 54.6 Å². The molecule has 0 aliphatic rings. The van der Waals surface area contributed by atoms with Gasteiger partial charge in [-0.1, -0.05) is 29.8 Å². The predicted molar refractivity (Wildman–Crippen MR) is 93.1 cm³/mol. The Morgan fingerprint density at radius 3 is 2.50 bits per heavy atom. The smallest absolute Gasteiger partial charge is 0.331 e. The molecule has 0 aliphatic carbocycles. The molecule has 0 bridgehead atoms. The number of halogens is 1. The molecule has 0 unspecified atom stereocenters. The molecule has 5 nitrogen and oxygen atoms in total. The fourth-order valence-electron chi connectivity index (χ4n) is 1.82. The van der Waals surface area contributed by atoms with E-state index in [1.165, 1.54) is 12.2 Å². The number of amides is 1. The molecule has 0 aliphatic heterocycles. The first-order chi connectivity index (χ1) is 11.6. The Hall–Kier alpha value is -2.79. The lowest BCUT2D eigenvalue weighted by molar-refractivity contribution is -0.142. The highest BCUT2D eigenvalue weighted by molar-refractivity contribution is 6.32. The van der Waals surface area contributed by atoms with Crippen LogP contribution in [0.4, 0.5) is 5.69 Å². The topological polar surface area (TPSA) is 64.6 Å². The number of ether oxygens (including phenoxy) is 2. The lowest BCUT2D eigenvalue weighted by atomic mass is 10.2. The largest absolute Gasteiger partial charge is 0.497 e. The lowest BCUT2D eigenvalue weighted by Crippen LogP contribution is -2.20. The van der Waals surface area contributed by atoms with E-state index >= 15 is 0 Å². The van der Waals surface area contributed by atoms with Gasteiger partial charge in [0.15, 0.2) is 6.61 Å². The van der Waals surface area contributed by atoms with Crippen LogP contribution in [0.3, 0.4) is 0 Å². The van der Waals surface area contributed by atoms with Crippen molar-refractivity contribution >= 4 is 35.2 Å². The van der Waals surface area contributed by atoms with Crippen molar-refractivity contribution in [3.05, 3.63) is 65.2 Å². The molecule has 1 N–H and O–H groups in total. The van der Waals surface area contributed by atoms with Crippen LogP contribution < -0.4 is 10.1 Å². The van der Waals surface area contributed by atoms with Gasteiger partial charge in [0.1, 0.15) is 5.75 Å². The predicted octanol–water partition coefficient (Wildman–Crippen LogP) is 3.54. The third kappa shape index (κ3) is 5.44. The quantitative estimate of drug-likeness (QED) is 0.642. The molecule has 0 heterocycles. The van der Waals surface area contributed by atoms with E-state index in [-0.39, 0.29) is 6.61 Å². The van der Waals surface area contributed by atoms with Crippen molar-refractivity contribution in [2.24, 2.45) is 0 Å². The van der Waals surface area contributed by atoms with Gasteiger partial charge in [-0.05, 0) is 42.0 Å². The van der Waals surface area contributed by atoms with E-state index < -0.39 is 11.9 Å². The van der Waals surface area contributed by atoms with Gasteiger partial charge in [0.05, 0.1) is 7.11 Å². The summed E-state index contributed by atoms with van der Waals surface area (Å²) in [6.45, 7) is -0.377. The summed E-state index contributed by atoms with van der Waals surface area (Å²) in [5.74, 6) is -0.372. The molecule has 0 saturated carbocycles. The Morgan fingerprint density at radius 2 is 1.83 bits per heavy atom. The van der Waals surface area contributed by atoms with Crippen LogP contribution in [0.5, 0.6) is 5.75 Å². The van der Waals surface area contributed by atoms with E-state index in [1.54, 1.807) is 55.6 Å². The molecule has 6 heteroatoms. The third-order valence-electron chi connectivity index (χ3n) is 3.02. The van der Waals surface area contributed by atoms with Crippen molar-refractivity contribution in [3.8, 4) is 5.75 Å². The standard InChI is InChI=1S/C18H16ClNO4/c1-23-15-9-7-14(8-10-15)20-17(21)12-24-18(22)11-6-13-4-2-3-5-16(13)19/h2-11H,12H2,1H3,(H,20,21). The van der Waals surface area contributed by atoms with Crippen molar-refractivity contribution in [2.45, 2.75) is 0 Å². The maximum absolute atomic E-state index is 11.7. The Balaban J connectivity index is 1.80. The molecule has 0 spiro atoms. The molecule has 0 radical (unpaired) electrons. The summed E-state index contributed by atoms with van der Waals surface area (Å²) in [6.07, 6.45) is 2.76. The van der Waals surface area contributed by atoms with Crippen molar-refractivity contribution in [1.29, 1.82) is 0 Å². The molecule has 2 aromatic rings.